The first kappa shape index (κ1) is 19.4. The number of nitrogens with zero attached hydrogens (tertiary/aromatic N) is 1. The first-order valence-corrected chi connectivity index (χ1v) is 10.3. The van der Waals surface area contributed by atoms with E-state index in [1.165, 1.54) is 35.2 Å². The van der Waals surface area contributed by atoms with Gasteiger partial charge in [-0.05, 0) is 48.8 Å². The maximum absolute atomic E-state index is 12.3. The van der Waals surface area contributed by atoms with Crippen molar-refractivity contribution in [2.45, 2.75) is 30.6 Å². The molecule has 1 aromatic heterocycles. The van der Waals surface area contributed by atoms with Gasteiger partial charge in [-0.3, -0.25) is 14.9 Å². The number of non-ortho nitro benzene ring substituents is 1. The molecule has 1 N–H and O–H groups in total. The van der Waals surface area contributed by atoms with Gasteiger partial charge in [0, 0.05) is 17.0 Å². The van der Waals surface area contributed by atoms with Crippen molar-refractivity contribution < 1.29 is 19.2 Å². The fourth-order valence-electron chi connectivity index (χ4n) is 2.55. The lowest BCUT2D eigenvalue weighted by atomic mass is 10.1. The molecule has 3 rings (SSSR count). The lowest BCUT2D eigenvalue weighted by Crippen LogP contribution is -2.16. The number of carbonyl (C=O) groups is 2. The van der Waals surface area contributed by atoms with Crippen LogP contribution in [0.25, 0.3) is 0 Å². The van der Waals surface area contributed by atoms with Crippen LogP contribution in [-0.4, -0.2) is 29.2 Å². The molecule has 1 amide bonds. The van der Waals surface area contributed by atoms with Crippen LogP contribution in [-0.2, 0) is 9.53 Å². The summed E-state index contributed by atoms with van der Waals surface area (Å²) in [4.78, 5) is 35.6. The van der Waals surface area contributed by atoms with Crippen molar-refractivity contribution in [1.29, 1.82) is 0 Å². The Hall–Kier alpha value is -2.39. The van der Waals surface area contributed by atoms with Crippen molar-refractivity contribution in [3.63, 3.8) is 0 Å². The number of thioether (sulfide) groups is 1. The highest BCUT2D eigenvalue weighted by Gasteiger charge is 2.32. The van der Waals surface area contributed by atoms with Gasteiger partial charge >= 0.3 is 5.97 Å². The molecule has 1 aliphatic rings. The summed E-state index contributed by atoms with van der Waals surface area (Å²) in [6, 6.07) is 6.02. The van der Waals surface area contributed by atoms with Crippen LogP contribution >= 0.6 is 23.1 Å². The molecule has 0 unspecified atom stereocenters. The van der Waals surface area contributed by atoms with Gasteiger partial charge in [-0.15, -0.1) is 23.1 Å². The molecule has 0 saturated heterocycles. The van der Waals surface area contributed by atoms with Crippen molar-refractivity contribution >= 4 is 45.7 Å². The largest absolute Gasteiger partial charge is 0.462 e. The van der Waals surface area contributed by atoms with E-state index in [4.69, 9.17) is 4.74 Å². The second-order valence-corrected chi connectivity index (χ2v) is 7.91. The molecule has 0 atom stereocenters. The number of amides is 1. The number of nitro benzene ring substituents is 1. The lowest BCUT2D eigenvalue weighted by Gasteiger charge is -2.08. The Balaban J connectivity index is 1.63. The standard InChI is InChI=1S/C18H18N2O5S2/c1-2-25-18(22)16-14(11-3-4-11)9-27-17(16)19-15(21)10-26-13-7-5-12(6-8-13)20(23)24/h5-9,11H,2-4,10H2,1H3,(H,19,21). The highest BCUT2D eigenvalue weighted by atomic mass is 32.2. The third kappa shape index (κ3) is 4.86. The molecule has 2 aromatic rings. The smallest absolute Gasteiger partial charge is 0.341 e. The van der Waals surface area contributed by atoms with Crippen molar-refractivity contribution in [2.24, 2.45) is 0 Å². The number of anilines is 1. The van der Waals surface area contributed by atoms with E-state index in [0.717, 1.165) is 23.3 Å². The van der Waals surface area contributed by atoms with Gasteiger partial charge in [0.15, 0.2) is 0 Å². The van der Waals surface area contributed by atoms with Crippen LogP contribution in [0.1, 0.15) is 41.6 Å². The van der Waals surface area contributed by atoms with Crippen molar-refractivity contribution in [3.05, 3.63) is 50.9 Å². The maximum atomic E-state index is 12.3. The molecule has 142 valence electrons. The highest BCUT2D eigenvalue weighted by molar-refractivity contribution is 8.00. The van der Waals surface area contributed by atoms with Crippen LogP contribution in [0.5, 0.6) is 0 Å². The fraction of sp³-hybridized carbons (Fsp3) is 0.333. The summed E-state index contributed by atoms with van der Waals surface area (Å²) in [7, 11) is 0. The molecule has 0 radical (unpaired) electrons. The molecule has 9 heteroatoms. The van der Waals surface area contributed by atoms with E-state index in [-0.39, 0.29) is 24.0 Å². The van der Waals surface area contributed by atoms with E-state index in [1.54, 1.807) is 19.1 Å². The number of hydrogen-bond donors (Lipinski definition) is 1. The molecule has 0 aliphatic heterocycles. The number of rotatable bonds is 8. The molecule has 1 aromatic carbocycles. The minimum absolute atomic E-state index is 0.00840. The summed E-state index contributed by atoms with van der Waals surface area (Å²) in [5.74, 6) is -0.135. The number of thiophene rings is 1. The summed E-state index contributed by atoms with van der Waals surface area (Å²) in [5.41, 5.74) is 1.43. The van der Waals surface area contributed by atoms with E-state index in [9.17, 15) is 19.7 Å². The summed E-state index contributed by atoms with van der Waals surface area (Å²) >= 11 is 2.61. The third-order valence-corrected chi connectivity index (χ3v) is 5.91. The molecular formula is C18H18N2O5S2. The quantitative estimate of drug-likeness (QED) is 0.301. The molecule has 1 saturated carbocycles. The van der Waals surface area contributed by atoms with E-state index in [1.807, 2.05) is 5.38 Å². The normalized spacial score (nSPS) is 13.2. The van der Waals surface area contributed by atoms with Crippen LogP contribution in [0.2, 0.25) is 0 Å². The Morgan fingerprint density at radius 1 is 1.33 bits per heavy atom. The third-order valence-electron chi connectivity index (χ3n) is 3.99. The first-order chi connectivity index (χ1) is 13.0. The van der Waals surface area contributed by atoms with E-state index in [2.05, 4.69) is 5.32 Å². The minimum Gasteiger partial charge on any atom is -0.462 e. The Bertz CT molecular complexity index is 859. The summed E-state index contributed by atoms with van der Waals surface area (Å²) in [6.07, 6.45) is 2.10. The van der Waals surface area contributed by atoms with Crippen LogP contribution in [0.4, 0.5) is 10.7 Å². The van der Waals surface area contributed by atoms with E-state index >= 15 is 0 Å². The molecule has 0 spiro atoms. The van der Waals surface area contributed by atoms with Crippen molar-refractivity contribution in [1.82, 2.24) is 0 Å². The molecule has 1 heterocycles. The Morgan fingerprint density at radius 2 is 2.04 bits per heavy atom. The number of hydrogen-bond acceptors (Lipinski definition) is 7. The number of nitro groups is 1. The maximum Gasteiger partial charge on any atom is 0.341 e. The average Bonchev–Trinajstić information content (AvgIpc) is 3.41. The second-order valence-electron chi connectivity index (χ2n) is 5.98. The summed E-state index contributed by atoms with van der Waals surface area (Å²) in [6.45, 7) is 2.03. The highest BCUT2D eigenvalue weighted by Crippen LogP contribution is 2.46. The topological polar surface area (TPSA) is 98.5 Å². The first-order valence-electron chi connectivity index (χ1n) is 8.45. The SMILES string of the molecule is CCOC(=O)c1c(C2CC2)csc1NC(=O)CSc1ccc([N+](=O)[O-])cc1. The number of carbonyl (C=O) groups excluding carboxylic acids is 2. The van der Waals surface area contributed by atoms with Gasteiger partial charge in [-0.2, -0.15) is 0 Å². The van der Waals surface area contributed by atoms with E-state index in [0.29, 0.717) is 16.5 Å². The van der Waals surface area contributed by atoms with Gasteiger partial charge in [0.25, 0.3) is 5.69 Å². The van der Waals surface area contributed by atoms with Crippen molar-refractivity contribution in [3.8, 4) is 0 Å². The van der Waals surface area contributed by atoms with Gasteiger partial charge in [-0.1, -0.05) is 0 Å². The van der Waals surface area contributed by atoms with Crippen LogP contribution in [0, 0.1) is 10.1 Å². The zero-order valence-electron chi connectivity index (χ0n) is 14.6. The predicted octanol–water partition coefficient (Wildman–Crippen LogP) is 4.44. The number of esters is 1. The van der Waals surface area contributed by atoms with E-state index < -0.39 is 10.9 Å². The predicted molar refractivity (Wildman–Crippen MR) is 105 cm³/mol. The average molecular weight is 406 g/mol. The zero-order chi connectivity index (χ0) is 19.4. The second kappa shape index (κ2) is 8.53. The summed E-state index contributed by atoms with van der Waals surface area (Å²) in [5, 5.41) is 15.9. The zero-order valence-corrected chi connectivity index (χ0v) is 16.2. The van der Waals surface area contributed by atoms with Gasteiger partial charge in [0.05, 0.1) is 22.8 Å². The molecule has 0 bridgehead atoms. The lowest BCUT2D eigenvalue weighted by molar-refractivity contribution is -0.384. The number of benzene rings is 1. The Morgan fingerprint density at radius 3 is 2.63 bits per heavy atom. The number of nitrogens with one attached hydrogen (secondary N) is 1. The van der Waals surface area contributed by atoms with Crippen molar-refractivity contribution in [2.75, 3.05) is 17.7 Å². The monoisotopic (exact) mass is 406 g/mol. The van der Waals surface area contributed by atoms with Crippen LogP contribution in [0.15, 0.2) is 34.5 Å². The van der Waals surface area contributed by atoms with Gasteiger partial charge < -0.3 is 10.1 Å². The summed E-state index contributed by atoms with van der Waals surface area (Å²) < 4.78 is 5.14. The Kier molecular flexibility index (Phi) is 6.12. The Labute approximate surface area is 164 Å². The molecule has 1 aliphatic carbocycles. The van der Waals surface area contributed by atoms with Gasteiger partial charge in [0.1, 0.15) is 5.00 Å². The molecule has 27 heavy (non-hydrogen) atoms. The van der Waals surface area contributed by atoms with Gasteiger partial charge in [0.2, 0.25) is 5.91 Å². The van der Waals surface area contributed by atoms with Crippen LogP contribution < -0.4 is 5.32 Å². The minimum atomic E-state index is -0.466. The molecule has 7 nitrogen and oxygen atoms in total. The fourth-order valence-corrected chi connectivity index (χ4v) is 4.29. The van der Waals surface area contributed by atoms with Gasteiger partial charge in [-0.25, -0.2) is 4.79 Å². The van der Waals surface area contributed by atoms with Crippen LogP contribution in [0.3, 0.4) is 0 Å². The number of ether oxygens (including phenoxy) is 1. The molecular weight excluding hydrogens is 388 g/mol. The molecule has 1 fully saturated rings.